The van der Waals surface area contributed by atoms with E-state index in [-0.39, 0.29) is 84.0 Å². The summed E-state index contributed by atoms with van der Waals surface area (Å²) in [6, 6.07) is 1.29. The van der Waals surface area contributed by atoms with Crippen LogP contribution in [0.25, 0.3) is 11.5 Å². The van der Waals surface area contributed by atoms with Gasteiger partial charge in [0.2, 0.25) is 17.5 Å². The summed E-state index contributed by atoms with van der Waals surface area (Å²) in [4.78, 5) is 99.6. The van der Waals surface area contributed by atoms with Crippen molar-refractivity contribution in [2.24, 2.45) is 35.1 Å². The summed E-state index contributed by atoms with van der Waals surface area (Å²) in [5, 5.41) is 96.9. The molecule has 0 unspecified atom stereocenters. The molecule has 6 aliphatic carbocycles. The maximum Gasteiger partial charge on any atom is 0.255 e. The van der Waals surface area contributed by atoms with Crippen LogP contribution in [-0.2, 0) is 59.5 Å². The number of amides is 3. The lowest BCUT2D eigenvalue weighted by Gasteiger charge is -2.50. The molecule has 0 spiro atoms. The highest BCUT2D eigenvalue weighted by atomic mass is 16.4. The van der Waals surface area contributed by atoms with Crippen molar-refractivity contribution in [3.8, 4) is 11.5 Å². The first-order valence-electron chi connectivity index (χ1n) is 26.6. The van der Waals surface area contributed by atoms with Gasteiger partial charge in [0.25, 0.3) is 11.8 Å². The number of nitrogens with zero attached hydrogens (tertiary/aromatic N) is 5. The molecule has 14 N–H and O–H groups in total. The lowest BCUT2D eigenvalue weighted by Crippen LogP contribution is -2.65. The number of rotatable bonds is 16. The van der Waals surface area contributed by atoms with E-state index in [2.05, 4.69) is 17.2 Å². The number of hydrogen-bond acceptors (Lipinski definition) is 21. The quantitative estimate of drug-likeness (QED) is 0.0794. The van der Waals surface area contributed by atoms with Gasteiger partial charge in [0.05, 0.1) is 29.8 Å². The number of Topliss-reactive ketones (excluding diaryl/α,β-unsaturated/α-hetero) is 4. The van der Waals surface area contributed by atoms with Gasteiger partial charge < -0.3 is 72.8 Å². The van der Waals surface area contributed by atoms with Crippen molar-refractivity contribution in [1.82, 2.24) is 25.3 Å². The lowest BCUT2D eigenvalue weighted by atomic mass is 9.57. The molecule has 438 valence electrons. The van der Waals surface area contributed by atoms with Crippen LogP contribution < -0.4 is 31.9 Å². The number of primary amides is 2. The number of likely N-dealkylation sites (N-methyl/N-ethyl adjacent to an activating group) is 4. The Bertz CT molecular complexity index is 3180. The van der Waals surface area contributed by atoms with Gasteiger partial charge in [0, 0.05) is 93.3 Å². The fraction of sp³-hybridized carbons (Fsp3) is 0.491. The van der Waals surface area contributed by atoms with Crippen LogP contribution in [0.1, 0.15) is 60.1 Å². The predicted molar refractivity (Wildman–Crippen MR) is 299 cm³/mol. The first-order chi connectivity index (χ1) is 37.9. The monoisotopic (exact) mass is 1130 g/mol. The summed E-state index contributed by atoms with van der Waals surface area (Å²) in [6.07, 6.45) is 2.21. The summed E-state index contributed by atoms with van der Waals surface area (Å²) >= 11 is 0. The molecule has 2 saturated carbocycles. The maximum atomic E-state index is 14.1. The van der Waals surface area contributed by atoms with Gasteiger partial charge >= 0.3 is 0 Å². The number of benzene rings is 2. The number of hydrogen-bond donors (Lipinski definition) is 12. The van der Waals surface area contributed by atoms with Crippen LogP contribution in [0.3, 0.4) is 0 Å². The Morgan fingerprint density at radius 3 is 1.44 bits per heavy atom. The van der Waals surface area contributed by atoms with Crippen molar-refractivity contribution >= 4 is 63.7 Å². The fourth-order valence-electron chi connectivity index (χ4n) is 13.0. The highest BCUT2D eigenvalue weighted by molar-refractivity contribution is 6.25. The van der Waals surface area contributed by atoms with Crippen LogP contribution in [0.15, 0.2) is 58.6 Å². The Morgan fingerprint density at radius 2 is 1.09 bits per heavy atom. The third-order valence-corrected chi connectivity index (χ3v) is 16.8. The molecule has 2 aromatic carbocycles. The van der Waals surface area contributed by atoms with Gasteiger partial charge in [-0.1, -0.05) is 19.9 Å². The van der Waals surface area contributed by atoms with Crippen molar-refractivity contribution in [2.75, 3.05) is 92.4 Å². The Balaban J connectivity index is 0.000000234. The minimum Gasteiger partial charge on any atom is -0.508 e. The minimum absolute atomic E-state index is 0.00162. The summed E-state index contributed by atoms with van der Waals surface area (Å²) in [6.45, 7) is 9.84. The molecular formula is C57H75N9O15. The largest absolute Gasteiger partial charge is 0.508 e. The van der Waals surface area contributed by atoms with E-state index < -0.39 is 116 Å². The average Bonchev–Trinajstić information content (AvgIpc) is 2.55. The molecule has 0 saturated heterocycles. The number of anilines is 2. The molecule has 24 heteroatoms. The third-order valence-electron chi connectivity index (χ3n) is 16.8. The molecule has 81 heavy (non-hydrogen) atoms. The first-order valence-corrected chi connectivity index (χ1v) is 26.6. The molecule has 2 aromatic rings. The lowest BCUT2D eigenvalue weighted by molar-refractivity contribution is -0.155. The molecule has 2 fully saturated rings. The Hall–Kier alpha value is -7.61. The number of fused-ring (bicyclic) bond motifs is 6. The van der Waals surface area contributed by atoms with Crippen LogP contribution in [0.2, 0.25) is 0 Å². The van der Waals surface area contributed by atoms with Crippen molar-refractivity contribution in [2.45, 2.75) is 75.9 Å². The van der Waals surface area contributed by atoms with E-state index >= 15 is 0 Å². The number of ketones is 4. The smallest absolute Gasteiger partial charge is 0.255 e. The molecule has 8 rings (SSSR count). The number of nitrogens with one attached hydrogen (secondary N) is 2. The summed E-state index contributed by atoms with van der Waals surface area (Å²) in [5.74, 6) is -13.9. The van der Waals surface area contributed by atoms with Gasteiger partial charge in [-0.15, -0.1) is 6.58 Å². The SMILES string of the molecule is C=CCN(CC)Cc1cc(N(C)C)c2c(c1O)C(O)=C1C(=O)[C@]3(O)C(O)=C(C(N)=O)C(=O)[C@@H](N(C)C)[C@@H]3C[C@@H]1C2.CCNCC(=O)NCc1cc(N(C)C)c2c(c1O)C(O)=C1C(=O)[C@]3(O)C(O)=C(C(N)=O)C(=O)[C@H](N(C)C)[C@@H]3C[C@@H]1C2. The number of carbonyl (C=O) groups is 7. The highest BCUT2D eigenvalue weighted by Crippen LogP contribution is 2.56. The van der Waals surface area contributed by atoms with E-state index in [4.69, 9.17) is 11.5 Å². The number of phenols is 2. The summed E-state index contributed by atoms with van der Waals surface area (Å²) < 4.78 is 0. The zero-order chi connectivity index (χ0) is 60.4. The van der Waals surface area contributed by atoms with Gasteiger partial charge in [-0.05, 0) is 102 Å². The predicted octanol–water partition coefficient (Wildman–Crippen LogP) is 0.294. The van der Waals surface area contributed by atoms with Gasteiger partial charge in [-0.25, -0.2) is 0 Å². The molecule has 0 bridgehead atoms. The zero-order valence-corrected chi connectivity index (χ0v) is 47.3. The number of aliphatic hydroxyl groups excluding tert-OH is 4. The number of aliphatic hydroxyl groups is 6. The fourth-order valence-corrected chi connectivity index (χ4v) is 13.0. The van der Waals surface area contributed by atoms with E-state index in [0.717, 1.165) is 5.69 Å². The number of carbonyl (C=O) groups excluding carboxylic acids is 7. The van der Waals surface area contributed by atoms with Crippen molar-refractivity contribution in [1.29, 1.82) is 0 Å². The molecule has 0 aromatic heterocycles. The van der Waals surface area contributed by atoms with Crippen molar-refractivity contribution in [3.63, 3.8) is 0 Å². The maximum absolute atomic E-state index is 14.1. The Labute approximate surface area is 468 Å². The first kappa shape index (κ1) is 61.0. The standard InChI is InChI=1S/C29H38N4O7.C28H37N5O8/c1-7-9-33(8-2)13-15-12-18(31(3)4)16-10-14-11-17-22(32(5)6)25(36)21(28(30)39)27(38)29(17,40)26(37)19(14)24(35)20(16)23(15)34;1-6-30-11-17(34)31-10-13-9-16(32(2)3)14-7-12-8-15-21(33(4)5)24(37)20(27(29)40)26(39)28(15,41)25(38)18(12)23(36)19(14)22(13)35/h7,12,14,17,22,34-35,38,40H,1,8-11,13H2,2-6H3,(H2,30,39);9,12,15,21,30,35-36,39,41H,6-8,10-11H2,1-5H3,(H2,29,40)(H,31,34)/t14-,17-,22-,29-;12-,15-,21+,28-/m00/s1. The second-order valence-electron chi connectivity index (χ2n) is 22.4. The number of phenolic OH excluding ortho intramolecular Hbond substituents is 2. The van der Waals surface area contributed by atoms with Crippen LogP contribution in [-0.4, -0.2) is 202 Å². The molecule has 0 aliphatic heterocycles. The number of nitrogens with two attached hydrogens (primary N) is 2. The molecule has 3 amide bonds. The van der Waals surface area contributed by atoms with E-state index in [1.165, 1.54) is 9.80 Å². The van der Waals surface area contributed by atoms with Gasteiger partial charge in [-0.2, -0.15) is 0 Å². The topological polar surface area (TPSA) is 374 Å². The molecule has 6 aliphatic rings. The van der Waals surface area contributed by atoms with E-state index in [1.54, 1.807) is 59.3 Å². The molecular weight excluding hydrogens is 1050 g/mol. The van der Waals surface area contributed by atoms with E-state index in [9.17, 15) is 74.4 Å². The molecule has 0 radical (unpaired) electrons. The van der Waals surface area contributed by atoms with Crippen LogP contribution in [0, 0.1) is 23.7 Å². The molecule has 24 nitrogen and oxygen atoms in total. The Morgan fingerprint density at radius 1 is 0.679 bits per heavy atom. The molecule has 0 heterocycles. The van der Waals surface area contributed by atoms with Crippen LogP contribution >= 0.6 is 0 Å². The van der Waals surface area contributed by atoms with E-state index in [1.807, 2.05) is 43.8 Å². The van der Waals surface area contributed by atoms with Crippen LogP contribution in [0.4, 0.5) is 11.4 Å². The normalized spacial score (nSPS) is 25.9. The van der Waals surface area contributed by atoms with E-state index in [0.29, 0.717) is 48.6 Å². The van der Waals surface area contributed by atoms with Crippen molar-refractivity contribution < 1.29 is 74.4 Å². The van der Waals surface area contributed by atoms with Gasteiger partial charge in [-0.3, -0.25) is 48.3 Å². The molecule has 8 atom stereocenters. The van der Waals surface area contributed by atoms with Gasteiger partial charge in [0.15, 0.2) is 22.8 Å². The third kappa shape index (κ3) is 9.89. The van der Waals surface area contributed by atoms with Crippen LogP contribution in [0.5, 0.6) is 11.5 Å². The summed E-state index contributed by atoms with van der Waals surface area (Å²) in [5.41, 5.74) is 6.74. The van der Waals surface area contributed by atoms with Crippen molar-refractivity contribution in [3.05, 3.63) is 92.0 Å². The average molecular weight is 1130 g/mol. The number of aromatic hydroxyl groups is 2. The second kappa shape index (κ2) is 22.7. The highest BCUT2D eigenvalue weighted by Gasteiger charge is 2.66. The zero-order valence-electron chi connectivity index (χ0n) is 47.3. The Kier molecular flexibility index (Phi) is 17.1. The second-order valence-corrected chi connectivity index (χ2v) is 22.4. The van der Waals surface area contributed by atoms with Gasteiger partial charge in [0.1, 0.15) is 45.7 Å². The minimum atomic E-state index is -2.71. The summed E-state index contributed by atoms with van der Waals surface area (Å²) in [7, 11) is 13.5.